The molecule has 0 bridgehead atoms. The maximum absolute atomic E-state index is 13.3. The number of Topliss-reactive ketones (excluding diaryl/α,β-unsaturated/α-hetero) is 1. The van der Waals surface area contributed by atoms with E-state index in [0.717, 1.165) is 5.56 Å². The lowest BCUT2D eigenvalue weighted by molar-refractivity contribution is -0.142. The van der Waals surface area contributed by atoms with Gasteiger partial charge in [-0.25, -0.2) is 4.79 Å². The fraction of sp³-hybridized carbons (Fsp3) is 0.286. The Hall–Kier alpha value is -2.57. The van der Waals surface area contributed by atoms with Crippen molar-refractivity contribution in [2.45, 2.75) is 25.7 Å². The van der Waals surface area contributed by atoms with Gasteiger partial charge in [-0.15, -0.1) is 0 Å². The van der Waals surface area contributed by atoms with E-state index >= 15 is 0 Å². The number of carbonyl (C=O) groups excluding carboxylic acids is 3. The predicted molar refractivity (Wildman–Crippen MR) is 110 cm³/mol. The Morgan fingerprint density at radius 2 is 1.83 bits per heavy atom. The van der Waals surface area contributed by atoms with Crippen LogP contribution in [0, 0.1) is 0 Å². The van der Waals surface area contributed by atoms with Crippen LogP contribution in [0.4, 0.5) is 5.69 Å². The Kier molecular flexibility index (Phi) is 5.87. The SMILES string of the molecule is COC(=O)COc1cc2c(c(Cl)c1Cl)C(=O)[C@@](C)(c1ccc(NC(C)=O)cc1)C2. The van der Waals surface area contributed by atoms with Crippen LogP contribution in [-0.2, 0) is 26.2 Å². The van der Waals surface area contributed by atoms with Crippen molar-refractivity contribution in [1.29, 1.82) is 0 Å². The number of carbonyl (C=O) groups is 3. The molecule has 6 nitrogen and oxygen atoms in total. The fourth-order valence-electron chi connectivity index (χ4n) is 3.43. The quantitative estimate of drug-likeness (QED) is 0.711. The minimum Gasteiger partial charge on any atom is -0.480 e. The van der Waals surface area contributed by atoms with Gasteiger partial charge in [0.2, 0.25) is 5.91 Å². The van der Waals surface area contributed by atoms with Gasteiger partial charge in [-0.2, -0.15) is 0 Å². The lowest BCUT2D eigenvalue weighted by atomic mass is 9.79. The molecule has 2 aromatic rings. The molecule has 0 unspecified atom stereocenters. The van der Waals surface area contributed by atoms with Crippen LogP contribution in [0.1, 0.15) is 35.3 Å². The first kappa shape index (κ1) is 21.1. The number of hydrogen-bond donors (Lipinski definition) is 1. The van der Waals surface area contributed by atoms with Gasteiger partial charge in [0.25, 0.3) is 0 Å². The number of ether oxygens (including phenoxy) is 2. The summed E-state index contributed by atoms with van der Waals surface area (Å²) in [5.41, 5.74) is 1.64. The van der Waals surface area contributed by atoms with Gasteiger partial charge in [0.15, 0.2) is 12.4 Å². The van der Waals surface area contributed by atoms with Crippen LogP contribution in [0.25, 0.3) is 0 Å². The van der Waals surface area contributed by atoms with Crippen LogP contribution in [0.2, 0.25) is 10.0 Å². The van der Waals surface area contributed by atoms with E-state index in [0.29, 0.717) is 23.2 Å². The summed E-state index contributed by atoms with van der Waals surface area (Å²) in [6.45, 7) is 2.95. The average molecular weight is 436 g/mol. The van der Waals surface area contributed by atoms with Crippen LogP contribution in [0.5, 0.6) is 5.75 Å². The molecule has 1 amide bonds. The summed E-state index contributed by atoms with van der Waals surface area (Å²) in [5, 5.41) is 2.88. The van der Waals surface area contributed by atoms with E-state index in [4.69, 9.17) is 27.9 Å². The van der Waals surface area contributed by atoms with Gasteiger partial charge >= 0.3 is 5.97 Å². The highest BCUT2D eigenvalue weighted by Crippen LogP contribution is 2.47. The number of nitrogens with one attached hydrogen (secondary N) is 1. The van der Waals surface area contributed by atoms with Gasteiger partial charge in [-0.1, -0.05) is 35.3 Å². The minimum atomic E-state index is -0.842. The van der Waals surface area contributed by atoms with Crippen molar-refractivity contribution < 1.29 is 23.9 Å². The summed E-state index contributed by atoms with van der Waals surface area (Å²) in [5.74, 6) is -0.655. The number of methoxy groups -OCH3 is 1. The Morgan fingerprint density at radius 1 is 1.17 bits per heavy atom. The molecule has 3 rings (SSSR count). The first-order valence-corrected chi connectivity index (χ1v) is 9.56. The van der Waals surface area contributed by atoms with Crippen molar-refractivity contribution >= 4 is 46.5 Å². The summed E-state index contributed by atoms with van der Waals surface area (Å²) in [6, 6.07) is 8.75. The molecule has 0 aliphatic heterocycles. The highest BCUT2D eigenvalue weighted by atomic mass is 35.5. The zero-order valence-corrected chi connectivity index (χ0v) is 17.6. The number of anilines is 1. The van der Waals surface area contributed by atoms with E-state index in [9.17, 15) is 14.4 Å². The molecule has 8 heteroatoms. The molecule has 0 radical (unpaired) electrons. The average Bonchev–Trinajstić information content (AvgIpc) is 2.94. The molecule has 1 aliphatic carbocycles. The molecule has 0 saturated heterocycles. The molecule has 0 heterocycles. The summed E-state index contributed by atoms with van der Waals surface area (Å²) < 4.78 is 9.97. The van der Waals surface area contributed by atoms with E-state index in [1.807, 2.05) is 6.92 Å². The van der Waals surface area contributed by atoms with Crippen LogP contribution in [0.3, 0.4) is 0 Å². The number of rotatable bonds is 5. The number of ketones is 1. The van der Waals surface area contributed by atoms with Gasteiger partial charge < -0.3 is 14.8 Å². The molecule has 2 aromatic carbocycles. The van der Waals surface area contributed by atoms with Gasteiger partial charge in [0.1, 0.15) is 10.8 Å². The zero-order chi connectivity index (χ0) is 21.3. The Morgan fingerprint density at radius 3 is 2.41 bits per heavy atom. The Labute approximate surface area is 178 Å². The van der Waals surface area contributed by atoms with Crippen molar-refractivity contribution in [2.75, 3.05) is 19.0 Å². The monoisotopic (exact) mass is 435 g/mol. The second kappa shape index (κ2) is 8.05. The van der Waals surface area contributed by atoms with Gasteiger partial charge in [0.05, 0.1) is 17.5 Å². The Balaban J connectivity index is 1.94. The van der Waals surface area contributed by atoms with E-state index < -0.39 is 11.4 Å². The highest BCUT2D eigenvalue weighted by molar-refractivity contribution is 6.45. The predicted octanol–water partition coefficient (Wildman–Crippen LogP) is 4.20. The highest BCUT2D eigenvalue weighted by Gasteiger charge is 2.45. The first-order chi connectivity index (χ1) is 13.7. The van der Waals surface area contributed by atoms with Crippen molar-refractivity contribution in [2.24, 2.45) is 0 Å². The molecule has 0 saturated carbocycles. The molecule has 1 N–H and O–H groups in total. The molecular weight excluding hydrogens is 417 g/mol. The molecule has 0 fully saturated rings. The Bertz CT molecular complexity index is 1000. The van der Waals surface area contributed by atoms with E-state index in [1.165, 1.54) is 14.0 Å². The van der Waals surface area contributed by atoms with Gasteiger partial charge in [-0.3, -0.25) is 9.59 Å². The van der Waals surface area contributed by atoms with Crippen LogP contribution >= 0.6 is 23.2 Å². The largest absolute Gasteiger partial charge is 0.480 e. The molecular formula is C21H19Cl2NO5. The number of hydrogen-bond acceptors (Lipinski definition) is 5. The third kappa shape index (κ3) is 3.95. The summed E-state index contributed by atoms with van der Waals surface area (Å²) in [6.07, 6.45) is 0.395. The number of benzene rings is 2. The molecule has 0 aromatic heterocycles. The standard InChI is InChI=1S/C21H19Cl2NO5/c1-11(25)24-14-6-4-13(5-7-14)21(2)9-12-8-15(29-10-16(26)28-3)18(22)19(23)17(12)20(21)27/h4-8H,9-10H2,1-3H3,(H,24,25)/t21-/m1/s1. The fourth-order valence-corrected chi connectivity index (χ4v) is 3.94. The number of halogens is 2. The normalized spacial score (nSPS) is 17.6. The maximum atomic E-state index is 13.3. The van der Waals surface area contributed by atoms with E-state index in [-0.39, 0.29) is 34.1 Å². The van der Waals surface area contributed by atoms with Crippen LogP contribution in [-0.4, -0.2) is 31.4 Å². The van der Waals surface area contributed by atoms with Crippen molar-refractivity contribution in [1.82, 2.24) is 0 Å². The van der Waals surface area contributed by atoms with Crippen molar-refractivity contribution in [3.63, 3.8) is 0 Å². The number of amides is 1. The second-order valence-electron chi connectivity index (χ2n) is 7.00. The van der Waals surface area contributed by atoms with Gasteiger partial charge in [0, 0.05) is 18.2 Å². The van der Waals surface area contributed by atoms with E-state index in [2.05, 4.69) is 10.1 Å². The molecule has 1 aliphatic rings. The third-order valence-corrected chi connectivity index (χ3v) is 5.79. The van der Waals surface area contributed by atoms with Crippen LogP contribution in [0.15, 0.2) is 30.3 Å². The van der Waals surface area contributed by atoms with Crippen molar-refractivity contribution in [3.8, 4) is 5.75 Å². The second-order valence-corrected chi connectivity index (χ2v) is 7.75. The molecule has 1 atom stereocenters. The summed E-state index contributed by atoms with van der Waals surface area (Å²) >= 11 is 12.7. The van der Waals surface area contributed by atoms with E-state index in [1.54, 1.807) is 30.3 Å². The maximum Gasteiger partial charge on any atom is 0.343 e. The molecule has 0 spiro atoms. The lowest BCUT2D eigenvalue weighted by Gasteiger charge is -2.23. The van der Waals surface area contributed by atoms with Crippen molar-refractivity contribution in [3.05, 3.63) is 57.1 Å². The minimum absolute atomic E-state index is 0.0768. The molecule has 29 heavy (non-hydrogen) atoms. The summed E-state index contributed by atoms with van der Waals surface area (Å²) in [4.78, 5) is 35.8. The lowest BCUT2D eigenvalue weighted by Crippen LogP contribution is -2.29. The number of fused-ring (bicyclic) bond motifs is 1. The number of esters is 1. The summed E-state index contributed by atoms with van der Waals surface area (Å²) in [7, 11) is 1.25. The van der Waals surface area contributed by atoms with Gasteiger partial charge in [-0.05, 0) is 42.7 Å². The van der Waals surface area contributed by atoms with Crippen LogP contribution < -0.4 is 10.1 Å². The topological polar surface area (TPSA) is 81.7 Å². The smallest absolute Gasteiger partial charge is 0.343 e. The molecule has 152 valence electrons. The first-order valence-electron chi connectivity index (χ1n) is 8.80. The third-order valence-electron chi connectivity index (χ3n) is 4.94. The zero-order valence-electron chi connectivity index (χ0n) is 16.1.